The maximum atomic E-state index is 10.8. The molecule has 0 saturated carbocycles. The molecule has 1 aliphatic rings. The van der Waals surface area contributed by atoms with Gasteiger partial charge in [0.2, 0.25) is 5.91 Å². The second-order valence-electron chi connectivity index (χ2n) is 4.62. The Morgan fingerprint density at radius 1 is 1.41 bits per heavy atom. The van der Waals surface area contributed by atoms with E-state index >= 15 is 0 Å². The Bertz CT molecular complexity index is 232. The van der Waals surface area contributed by atoms with Gasteiger partial charge in [-0.15, -0.1) is 0 Å². The van der Waals surface area contributed by atoms with Crippen molar-refractivity contribution in [3.63, 3.8) is 0 Å². The van der Waals surface area contributed by atoms with Crippen LogP contribution in [0.1, 0.15) is 20.8 Å². The molecule has 6 nitrogen and oxygen atoms in total. The molecule has 1 rings (SSSR count). The smallest absolute Gasteiger partial charge is 0.293 e. The van der Waals surface area contributed by atoms with E-state index in [-0.39, 0.29) is 18.1 Å². The highest BCUT2D eigenvalue weighted by Gasteiger charge is 2.13. The zero-order valence-corrected chi connectivity index (χ0v) is 10.7. The summed E-state index contributed by atoms with van der Waals surface area (Å²) >= 11 is 0. The third-order valence-corrected chi connectivity index (χ3v) is 2.01. The molecule has 1 saturated heterocycles. The standard InChI is InChI=1S/C6H12N2O2.C5H10O2/c9-5-6(10)8-3-1-7-2-4-8;1-5(2,3)7-4-6/h7,9H,1-5H2;4H,1-3H3. The van der Waals surface area contributed by atoms with Crippen LogP contribution < -0.4 is 5.32 Å². The molecule has 0 aromatic rings. The summed E-state index contributed by atoms with van der Waals surface area (Å²) in [5.41, 5.74) is -0.318. The van der Waals surface area contributed by atoms with Crippen LogP contribution in [0.2, 0.25) is 0 Å². The predicted molar refractivity (Wildman–Crippen MR) is 63.4 cm³/mol. The number of rotatable bonds is 2. The molecule has 0 aromatic heterocycles. The van der Waals surface area contributed by atoms with Gasteiger partial charge in [-0.3, -0.25) is 9.59 Å². The van der Waals surface area contributed by atoms with Gasteiger partial charge in [0.05, 0.1) is 0 Å². The first-order valence-electron chi connectivity index (χ1n) is 5.61. The average molecular weight is 246 g/mol. The summed E-state index contributed by atoms with van der Waals surface area (Å²) < 4.78 is 4.55. The van der Waals surface area contributed by atoms with Crippen LogP contribution in [0.3, 0.4) is 0 Å². The molecule has 17 heavy (non-hydrogen) atoms. The lowest BCUT2D eigenvalue weighted by Crippen LogP contribution is -2.47. The van der Waals surface area contributed by atoms with Crippen LogP contribution in [0, 0.1) is 0 Å². The maximum absolute atomic E-state index is 10.8. The van der Waals surface area contributed by atoms with Crippen molar-refractivity contribution in [2.24, 2.45) is 0 Å². The monoisotopic (exact) mass is 246 g/mol. The van der Waals surface area contributed by atoms with Crippen molar-refractivity contribution in [3.05, 3.63) is 0 Å². The summed E-state index contributed by atoms with van der Waals surface area (Å²) in [6, 6.07) is 0. The van der Waals surface area contributed by atoms with Crippen LogP contribution in [-0.4, -0.2) is 60.8 Å². The Kier molecular flexibility index (Phi) is 7.49. The molecule has 0 spiro atoms. The van der Waals surface area contributed by atoms with E-state index in [1.165, 1.54) is 0 Å². The fourth-order valence-corrected chi connectivity index (χ4v) is 1.16. The molecule has 0 atom stereocenters. The van der Waals surface area contributed by atoms with E-state index < -0.39 is 0 Å². The molecule has 1 heterocycles. The van der Waals surface area contributed by atoms with Gasteiger partial charge in [0.15, 0.2) is 0 Å². The number of carbonyl (C=O) groups excluding carboxylic acids is 2. The molecule has 6 heteroatoms. The Morgan fingerprint density at radius 3 is 2.24 bits per heavy atom. The minimum atomic E-state index is -0.361. The summed E-state index contributed by atoms with van der Waals surface area (Å²) in [5, 5.41) is 11.6. The Labute approximate surface area is 102 Å². The summed E-state index contributed by atoms with van der Waals surface area (Å²) in [5.74, 6) is -0.165. The van der Waals surface area contributed by atoms with Gasteiger partial charge in [0.25, 0.3) is 6.47 Å². The molecule has 0 aromatic carbocycles. The van der Waals surface area contributed by atoms with Crippen LogP contribution in [0.25, 0.3) is 0 Å². The van der Waals surface area contributed by atoms with Gasteiger partial charge in [-0.05, 0) is 20.8 Å². The quantitative estimate of drug-likeness (QED) is 0.634. The van der Waals surface area contributed by atoms with Crippen molar-refractivity contribution in [2.45, 2.75) is 26.4 Å². The lowest BCUT2D eigenvalue weighted by atomic mass is 10.2. The first-order chi connectivity index (χ1) is 7.90. The van der Waals surface area contributed by atoms with Crippen molar-refractivity contribution in [1.29, 1.82) is 0 Å². The fraction of sp³-hybridized carbons (Fsp3) is 0.818. The molecule has 0 bridgehead atoms. The summed E-state index contributed by atoms with van der Waals surface area (Å²) in [7, 11) is 0. The SMILES string of the molecule is CC(C)(C)OC=O.O=C(CO)N1CCNCC1. The molecular weight excluding hydrogens is 224 g/mol. The zero-order valence-electron chi connectivity index (χ0n) is 10.7. The fourth-order valence-electron chi connectivity index (χ4n) is 1.16. The molecular formula is C11H22N2O4. The molecule has 0 radical (unpaired) electrons. The zero-order chi connectivity index (χ0) is 13.3. The molecule has 100 valence electrons. The second-order valence-corrected chi connectivity index (χ2v) is 4.62. The van der Waals surface area contributed by atoms with E-state index in [1.807, 2.05) is 20.8 Å². The predicted octanol–water partition coefficient (Wildman–Crippen LogP) is -0.632. The van der Waals surface area contributed by atoms with E-state index in [1.54, 1.807) is 4.90 Å². The number of amides is 1. The number of nitrogens with one attached hydrogen (secondary N) is 1. The number of aliphatic hydroxyl groups is 1. The third kappa shape index (κ3) is 8.65. The highest BCUT2D eigenvalue weighted by atomic mass is 16.5. The summed E-state index contributed by atoms with van der Waals surface area (Å²) in [6.45, 7) is 8.68. The molecule has 0 aliphatic carbocycles. The molecule has 0 unspecified atom stereocenters. The number of piperazine rings is 1. The van der Waals surface area contributed by atoms with Gasteiger partial charge >= 0.3 is 0 Å². The van der Waals surface area contributed by atoms with Crippen LogP contribution in [-0.2, 0) is 14.3 Å². The molecule has 1 fully saturated rings. The Morgan fingerprint density at radius 2 is 1.94 bits per heavy atom. The van der Waals surface area contributed by atoms with Crippen molar-refractivity contribution < 1.29 is 19.4 Å². The normalized spacial score (nSPS) is 15.6. The third-order valence-electron chi connectivity index (χ3n) is 2.01. The van der Waals surface area contributed by atoms with E-state index in [2.05, 4.69) is 10.1 Å². The number of carbonyl (C=O) groups is 2. The Hall–Kier alpha value is -1.14. The van der Waals surface area contributed by atoms with Crippen LogP contribution in [0.4, 0.5) is 0 Å². The number of aliphatic hydroxyl groups excluding tert-OH is 1. The summed E-state index contributed by atoms with van der Waals surface area (Å²) in [6.07, 6.45) is 0. The maximum Gasteiger partial charge on any atom is 0.293 e. The van der Waals surface area contributed by atoms with E-state index in [0.717, 1.165) is 26.2 Å². The number of hydrogen-bond donors (Lipinski definition) is 2. The minimum absolute atomic E-state index is 0.165. The van der Waals surface area contributed by atoms with E-state index in [0.29, 0.717) is 6.47 Å². The van der Waals surface area contributed by atoms with Crippen molar-refractivity contribution in [1.82, 2.24) is 10.2 Å². The number of ether oxygens (including phenoxy) is 1. The second kappa shape index (κ2) is 8.03. The van der Waals surface area contributed by atoms with Gasteiger partial charge in [-0.2, -0.15) is 0 Å². The van der Waals surface area contributed by atoms with Gasteiger partial charge in [-0.1, -0.05) is 0 Å². The highest BCUT2D eigenvalue weighted by Crippen LogP contribution is 2.02. The molecule has 1 aliphatic heterocycles. The Balaban J connectivity index is 0.000000325. The first kappa shape index (κ1) is 15.9. The van der Waals surface area contributed by atoms with E-state index in [9.17, 15) is 9.59 Å². The largest absolute Gasteiger partial charge is 0.462 e. The highest BCUT2D eigenvalue weighted by molar-refractivity contribution is 5.77. The van der Waals surface area contributed by atoms with Crippen molar-refractivity contribution >= 4 is 12.4 Å². The summed E-state index contributed by atoms with van der Waals surface area (Å²) in [4.78, 5) is 22.1. The van der Waals surface area contributed by atoms with Crippen LogP contribution in [0.5, 0.6) is 0 Å². The number of nitrogens with zero attached hydrogens (tertiary/aromatic N) is 1. The lowest BCUT2D eigenvalue weighted by Gasteiger charge is -2.26. The van der Waals surface area contributed by atoms with Gasteiger partial charge in [0.1, 0.15) is 12.2 Å². The topological polar surface area (TPSA) is 78.9 Å². The van der Waals surface area contributed by atoms with Crippen LogP contribution >= 0.6 is 0 Å². The number of hydrogen-bond acceptors (Lipinski definition) is 5. The first-order valence-corrected chi connectivity index (χ1v) is 5.61. The lowest BCUT2D eigenvalue weighted by molar-refractivity contribution is -0.138. The minimum Gasteiger partial charge on any atom is -0.462 e. The van der Waals surface area contributed by atoms with E-state index in [4.69, 9.17) is 5.11 Å². The van der Waals surface area contributed by atoms with Gasteiger partial charge in [0, 0.05) is 26.2 Å². The van der Waals surface area contributed by atoms with Crippen molar-refractivity contribution in [2.75, 3.05) is 32.8 Å². The van der Waals surface area contributed by atoms with Gasteiger partial charge in [-0.25, -0.2) is 0 Å². The van der Waals surface area contributed by atoms with Crippen LogP contribution in [0.15, 0.2) is 0 Å². The molecule has 2 N–H and O–H groups in total. The molecule has 1 amide bonds. The van der Waals surface area contributed by atoms with Gasteiger partial charge < -0.3 is 20.1 Å². The average Bonchev–Trinajstić information content (AvgIpc) is 2.28. The van der Waals surface area contributed by atoms with Crippen molar-refractivity contribution in [3.8, 4) is 0 Å².